The molecular weight excluding hydrogens is 543 g/mol. The zero-order valence-electron chi connectivity index (χ0n) is 21.4. The van der Waals surface area contributed by atoms with Gasteiger partial charge in [-0.1, -0.05) is 0 Å². The number of hydrogen-bond donors (Lipinski definition) is 1. The molecule has 1 aromatic heterocycles. The van der Waals surface area contributed by atoms with Crippen LogP contribution in [0.3, 0.4) is 0 Å². The van der Waals surface area contributed by atoms with Crippen molar-refractivity contribution in [3.8, 4) is 11.1 Å². The van der Waals surface area contributed by atoms with Crippen molar-refractivity contribution in [2.75, 3.05) is 37.6 Å². The number of ether oxygens (including phenoxy) is 2. The fourth-order valence-electron chi connectivity index (χ4n) is 5.32. The Morgan fingerprint density at radius 2 is 1.85 bits per heavy atom. The van der Waals surface area contributed by atoms with E-state index in [1.54, 1.807) is 0 Å². The van der Waals surface area contributed by atoms with Crippen molar-refractivity contribution in [1.82, 2.24) is 14.9 Å². The minimum Gasteiger partial charge on any atom is -0.359 e. The Labute approximate surface area is 225 Å². The Bertz CT molecular complexity index is 1450. The van der Waals surface area contributed by atoms with E-state index >= 15 is 4.39 Å². The summed E-state index contributed by atoms with van der Waals surface area (Å²) in [7, 11) is 1.43. The number of piperazine rings is 1. The van der Waals surface area contributed by atoms with Crippen LogP contribution in [0.1, 0.15) is 19.4 Å². The third kappa shape index (κ3) is 5.37. The van der Waals surface area contributed by atoms with Crippen molar-refractivity contribution >= 4 is 28.5 Å². The van der Waals surface area contributed by atoms with Gasteiger partial charge in [0.2, 0.25) is 0 Å². The number of hydrogen-bond acceptors (Lipinski definition) is 7. The number of rotatable bonds is 5. The van der Waals surface area contributed by atoms with E-state index in [4.69, 9.17) is 9.47 Å². The van der Waals surface area contributed by atoms with Gasteiger partial charge in [0.15, 0.2) is 0 Å². The smallest absolute Gasteiger partial charge is 0.359 e. The van der Waals surface area contributed by atoms with Gasteiger partial charge in [-0.15, -0.1) is 11.8 Å². The summed E-state index contributed by atoms with van der Waals surface area (Å²) in [4.78, 5) is 19.6. The van der Waals surface area contributed by atoms with Crippen molar-refractivity contribution in [1.29, 1.82) is 0 Å². The van der Waals surface area contributed by atoms with E-state index < -0.39 is 46.3 Å². The number of anilines is 1. The fraction of sp³-hybridized carbons (Fsp3) is 0.462. The molecule has 3 aromatic rings. The number of aromatic nitrogens is 2. The second-order valence-electron chi connectivity index (χ2n) is 9.85. The average Bonchev–Trinajstić information content (AvgIpc) is 3.04. The number of halogens is 5. The molecule has 0 unspecified atom stereocenters. The number of benzene rings is 2. The summed E-state index contributed by atoms with van der Waals surface area (Å²) in [5.74, 6) is -1.75. The van der Waals surface area contributed by atoms with Gasteiger partial charge in [0.1, 0.15) is 24.2 Å². The first kappa shape index (κ1) is 27.8. The molecule has 1 saturated heterocycles. The first-order valence-electron chi connectivity index (χ1n) is 12.4. The molecule has 0 spiro atoms. The second-order valence-corrected chi connectivity index (χ2v) is 10.9. The van der Waals surface area contributed by atoms with Gasteiger partial charge in [0.05, 0.1) is 23.7 Å². The molecule has 0 radical (unpaired) electrons. The number of alkyl halides is 3. The predicted molar refractivity (Wildman–Crippen MR) is 138 cm³/mol. The summed E-state index contributed by atoms with van der Waals surface area (Å²) in [6, 6.07) is 3.39. The summed E-state index contributed by atoms with van der Waals surface area (Å²) < 4.78 is 84.8. The van der Waals surface area contributed by atoms with E-state index in [0.717, 1.165) is 30.0 Å². The molecule has 2 aliphatic rings. The highest BCUT2D eigenvalue weighted by Gasteiger charge is 2.39. The number of thioether (sulfide) groups is 1. The molecule has 2 aliphatic heterocycles. The number of methoxy groups -OCH3 is 1. The molecule has 1 N–H and O–H groups in total. The largest absolute Gasteiger partial charge is 0.417 e. The van der Waals surface area contributed by atoms with Gasteiger partial charge in [-0.05, 0) is 32.0 Å². The van der Waals surface area contributed by atoms with Crippen molar-refractivity contribution in [3.63, 3.8) is 0 Å². The van der Waals surface area contributed by atoms with Crippen LogP contribution < -0.4 is 15.9 Å². The monoisotopic (exact) mass is 570 g/mol. The lowest BCUT2D eigenvalue weighted by atomic mass is 9.95. The third-order valence-corrected chi connectivity index (χ3v) is 8.01. The molecule has 1 fully saturated rings. The SMILES string of the molecule is COCO[C@H]1CSc2c(-c3ccc(F)cc3F)c(C(F)(F)F)cc3c(N4C[C@@H](C)N[C@@H](C)C4)nc(=O)n(c23)C1. The van der Waals surface area contributed by atoms with Crippen LogP contribution in [-0.2, 0) is 22.2 Å². The van der Waals surface area contributed by atoms with Crippen LogP contribution in [0, 0.1) is 11.6 Å². The lowest BCUT2D eigenvalue weighted by Gasteiger charge is -2.37. The van der Waals surface area contributed by atoms with Crippen LogP contribution in [0.25, 0.3) is 22.0 Å². The number of nitrogens with zero attached hydrogens (tertiary/aromatic N) is 3. The van der Waals surface area contributed by atoms with Crippen LogP contribution >= 0.6 is 11.8 Å². The molecule has 0 aliphatic carbocycles. The maximum Gasteiger partial charge on any atom is 0.417 e. The molecule has 3 heterocycles. The highest BCUT2D eigenvalue weighted by Crippen LogP contribution is 2.48. The van der Waals surface area contributed by atoms with Gasteiger partial charge in [-0.3, -0.25) is 4.57 Å². The predicted octanol–water partition coefficient (Wildman–Crippen LogP) is 4.64. The summed E-state index contributed by atoms with van der Waals surface area (Å²) in [5, 5.41) is 3.49. The Morgan fingerprint density at radius 1 is 1.13 bits per heavy atom. The van der Waals surface area contributed by atoms with Gasteiger partial charge in [0.25, 0.3) is 0 Å². The van der Waals surface area contributed by atoms with Gasteiger partial charge >= 0.3 is 11.9 Å². The maximum absolute atomic E-state index is 15.1. The van der Waals surface area contributed by atoms with Gasteiger partial charge < -0.3 is 19.7 Å². The lowest BCUT2D eigenvalue weighted by Crippen LogP contribution is -2.55. The molecule has 3 atom stereocenters. The summed E-state index contributed by atoms with van der Waals surface area (Å²) in [5.41, 5.74) is -2.40. The minimum atomic E-state index is -4.89. The van der Waals surface area contributed by atoms with E-state index in [0.29, 0.717) is 19.2 Å². The van der Waals surface area contributed by atoms with Crippen molar-refractivity contribution < 1.29 is 31.4 Å². The average molecular weight is 571 g/mol. The Kier molecular flexibility index (Phi) is 7.61. The molecule has 0 saturated carbocycles. The molecule has 0 bridgehead atoms. The van der Waals surface area contributed by atoms with Crippen LogP contribution in [0.4, 0.5) is 27.8 Å². The van der Waals surface area contributed by atoms with E-state index in [1.807, 2.05) is 18.7 Å². The summed E-state index contributed by atoms with van der Waals surface area (Å²) in [6.07, 6.45) is -5.49. The quantitative estimate of drug-likeness (QED) is 0.354. The maximum atomic E-state index is 15.1. The van der Waals surface area contributed by atoms with E-state index in [-0.39, 0.29) is 52.8 Å². The molecule has 13 heteroatoms. The zero-order valence-corrected chi connectivity index (χ0v) is 22.3. The molecule has 2 aromatic carbocycles. The fourth-order valence-corrected chi connectivity index (χ4v) is 6.60. The lowest BCUT2D eigenvalue weighted by molar-refractivity contribution is -0.137. The number of nitrogens with one attached hydrogen (secondary N) is 1. The van der Waals surface area contributed by atoms with Crippen LogP contribution in [0.2, 0.25) is 0 Å². The minimum absolute atomic E-state index is 0.000874. The van der Waals surface area contributed by atoms with E-state index in [2.05, 4.69) is 10.3 Å². The van der Waals surface area contributed by atoms with Crippen molar-refractivity contribution in [2.24, 2.45) is 0 Å². The summed E-state index contributed by atoms with van der Waals surface area (Å²) in [6.45, 7) is 4.65. The van der Waals surface area contributed by atoms with Crippen molar-refractivity contribution in [3.05, 3.63) is 51.9 Å². The Morgan fingerprint density at radius 3 is 2.49 bits per heavy atom. The topological polar surface area (TPSA) is 68.6 Å². The van der Waals surface area contributed by atoms with Gasteiger partial charge in [-0.2, -0.15) is 18.2 Å². The van der Waals surface area contributed by atoms with Gasteiger partial charge in [0, 0.05) is 65.5 Å². The van der Waals surface area contributed by atoms with Gasteiger partial charge in [-0.25, -0.2) is 13.6 Å². The van der Waals surface area contributed by atoms with Crippen LogP contribution in [0.15, 0.2) is 34.0 Å². The second kappa shape index (κ2) is 10.7. The van der Waals surface area contributed by atoms with Crippen LogP contribution in [0.5, 0.6) is 0 Å². The standard InChI is InChI=1S/C26H27F5N4O3S/c1-13-8-34(9-14(2)32-13)24-18-7-19(26(29,30)31)21(17-5-4-15(27)6-20(17)28)23-22(18)35(25(36)33-24)10-16(11-39-23)38-12-37-3/h4-7,13-14,16,32H,8-12H2,1-3H3/t13-,14+,16-/m1/s1. The highest BCUT2D eigenvalue weighted by molar-refractivity contribution is 7.99. The van der Waals surface area contributed by atoms with E-state index in [1.165, 1.54) is 11.7 Å². The normalized spacial score (nSPS) is 21.8. The molecule has 5 rings (SSSR count). The summed E-state index contributed by atoms with van der Waals surface area (Å²) >= 11 is 1.03. The van der Waals surface area contributed by atoms with Crippen molar-refractivity contribution in [2.45, 2.75) is 49.7 Å². The van der Waals surface area contributed by atoms with E-state index in [9.17, 15) is 22.4 Å². The first-order chi connectivity index (χ1) is 18.5. The molecule has 39 heavy (non-hydrogen) atoms. The Hall–Kier alpha value is -2.74. The molecular formula is C26H27F5N4O3S. The molecule has 7 nitrogen and oxygen atoms in total. The Balaban J connectivity index is 1.86. The molecule has 210 valence electrons. The highest BCUT2D eigenvalue weighted by atomic mass is 32.2. The first-order valence-corrected chi connectivity index (χ1v) is 13.3. The third-order valence-electron chi connectivity index (χ3n) is 6.78. The van der Waals surface area contributed by atoms with Crippen LogP contribution in [-0.4, -0.2) is 60.5 Å². The molecule has 0 amide bonds. The zero-order chi connectivity index (χ0) is 28.1.